The number of carbonyl (C=O) groups excluding carboxylic acids is 1. The van der Waals surface area contributed by atoms with Gasteiger partial charge in [-0.05, 0) is 18.4 Å². The van der Waals surface area contributed by atoms with Crippen molar-refractivity contribution < 1.29 is 9.53 Å². The standard InChI is InChI=1S/C14H20N2O2/c17-13(6-7-14-16-10-11-18-14)15-9-8-12-4-2-1-3-5-12/h1-5,14,16H,6-11H2,(H,15,17). The third-order valence-electron chi connectivity index (χ3n) is 3.01. The van der Waals surface area contributed by atoms with Crippen LogP contribution in [0.15, 0.2) is 30.3 Å². The van der Waals surface area contributed by atoms with Crippen LogP contribution in [-0.2, 0) is 16.0 Å². The third-order valence-corrected chi connectivity index (χ3v) is 3.01. The van der Waals surface area contributed by atoms with Crippen molar-refractivity contribution in [3.05, 3.63) is 35.9 Å². The molecule has 0 aliphatic carbocycles. The Balaban J connectivity index is 1.57. The second-order valence-corrected chi connectivity index (χ2v) is 4.44. The van der Waals surface area contributed by atoms with Crippen LogP contribution in [0.2, 0.25) is 0 Å². The quantitative estimate of drug-likeness (QED) is 0.792. The Morgan fingerprint density at radius 3 is 2.94 bits per heavy atom. The molecule has 0 aromatic heterocycles. The molecule has 1 aliphatic heterocycles. The molecule has 2 N–H and O–H groups in total. The number of hydrogen-bond donors (Lipinski definition) is 2. The molecule has 2 rings (SSSR count). The Kier molecular flexibility index (Phi) is 5.17. The summed E-state index contributed by atoms with van der Waals surface area (Å²) in [6, 6.07) is 10.2. The summed E-state index contributed by atoms with van der Waals surface area (Å²) in [7, 11) is 0. The van der Waals surface area contributed by atoms with Crippen molar-refractivity contribution in [3.63, 3.8) is 0 Å². The van der Waals surface area contributed by atoms with Gasteiger partial charge in [0, 0.05) is 19.5 Å². The minimum absolute atomic E-state index is 0.0601. The molecule has 1 aromatic carbocycles. The molecule has 18 heavy (non-hydrogen) atoms. The van der Waals surface area contributed by atoms with Crippen LogP contribution in [0.3, 0.4) is 0 Å². The van der Waals surface area contributed by atoms with Crippen LogP contribution in [0.25, 0.3) is 0 Å². The predicted molar refractivity (Wildman–Crippen MR) is 70.1 cm³/mol. The SMILES string of the molecule is O=C(CCC1NCCO1)NCCc1ccccc1. The van der Waals surface area contributed by atoms with Crippen LogP contribution in [-0.4, -0.2) is 31.8 Å². The molecule has 4 heteroatoms. The minimum atomic E-state index is 0.0601. The van der Waals surface area contributed by atoms with Gasteiger partial charge < -0.3 is 10.1 Å². The first-order chi connectivity index (χ1) is 8.84. The monoisotopic (exact) mass is 248 g/mol. The van der Waals surface area contributed by atoms with Crippen LogP contribution in [0.5, 0.6) is 0 Å². The van der Waals surface area contributed by atoms with Crippen molar-refractivity contribution in [1.29, 1.82) is 0 Å². The molecular formula is C14H20N2O2. The number of rotatable bonds is 6. The predicted octanol–water partition coefficient (Wildman–Crippen LogP) is 1.07. The maximum absolute atomic E-state index is 11.6. The highest BCUT2D eigenvalue weighted by Gasteiger charge is 2.15. The molecule has 1 aliphatic rings. The van der Waals surface area contributed by atoms with E-state index in [0.717, 1.165) is 26.0 Å². The van der Waals surface area contributed by atoms with Gasteiger partial charge in [0.25, 0.3) is 0 Å². The molecule has 98 valence electrons. The molecule has 1 saturated heterocycles. The Hall–Kier alpha value is -1.39. The van der Waals surface area contributed by atoms with Crippen LogP contribution in [0.4, 0.5) is 0 Å². The Bertz CT molecular complexity index is 361. The van der Waals surface area contributed by atoms with E-state index >= 15 is 0 Å². The highest BCUT2D eigenvalue weighted by molar-refractivity contribution is 5.75. The lowest BCUT2D eigenvalue weighted by atomic mass is 10.1. The molecule has 0 saturated carbocycles. The van der Waals surface area contributed by atoms with Gasteiger partial charge in [-0.3, -0.25) is 10.1 Å². The topological polar surface area (TPSA) is 50.4 Å². The zero-order valence-corrected chi connectivity index (χ0v) is 10.5. The van der Waals surface area contributed by atoms with Gasteiger partial charge in [-0.2, -0.15) is 0 Å². The fourth-order valence-electron chi connectivity index (χ4n) is 2.01. The molecule has 0 spiro atoms. The van der Waals surface area contributed by atoms with E-state index in [1.165, 1.54) is 5.56 Å². The zero-order chi connectivity index (χ0) is 12.6. The lowest BCUT2D eigenvalue weighted by molar-refractivity contribution is -0.121. The average molecular weight is 248 g/mol. The molecule has 1 unspecified atom stereocenters. The lowest BCUT2D eigenvalue weighted by Gasteiger charge is -2.09. The molecule has 1 atom stereocenters. The maximum atomic E-state index is 11.6. The number of benzene rings is 1. The van der Waals surface area contributed by atoms with E-state index in [1.807, 2.05) is 18.2 Å². The summed E-state index contributed by atoms with van der Waals surface area (Å²) < 4.78 is 5.39. The van der Waals surface area contributed by atoms with E-state index in [1.54, 1.807) is 0 Å². The molecule has 0 radical (unpaired) electrons. The molecule has 1 fully saturated rings. The average Bonchev–Trinajstić information content (AvgIpc) is 2.91. The number of nitrogens with one attached hydrogen (secondary N) is 2. The number of hydrogen-bond acceptors (Lipinski definition) is 3. The van der Waals surface area contributed by atoms with Crippen molar-refractivity contribution in [2.24, 2.45) is 0 Å². The van der Waals surface area contributed by atoms with Gasteiger partial charge in [-0.15, -0.1) is 0 Å². The number of amides is 1. The summed E-state index contributed by atoms with van der Waals surface area (Å²) >= 11 is 0. The molecule has 4 nitrogen and oxygen atoms in total. The summed E-state index contributed by atoms with van der Waals surface area (Å²) in [5.41, 5.74) is 1.25. The van der Waals surface area contributed by atoms with E-state index in [0.29, 0.717) is 13.0 Å². The van der Waals surface area contributed by atoms with Gasteiger partial charge >= 0.3 is 0 Å². The second-order valence-electron chi connectivity index (χ2n) is 4.44. The van der Waals surface area contributed by atoms with Crippen LogP contribution >= 0.6 is 0 Å². The van der Waals surface area contributed by atoms with Crippen molar-refractivity contribution >= 4 is 5.91 Å². The van der Waals surface area contributed by atoms with E-state index in [9.17, 15) is 4.79 Å². The highest BCUT2D eigenvalue weighted by atomic mass is 16.5. The van der Waals surface area contributed by atoms with Gasteiger partial charge in [0.2, 0.25) is 5.91 Å². The van der Waals surface area contributed by atoms with Gasteiger partial charge in [0.15, 0.2) is 0 Å². The minimum Gasteiger partial charge on any atom is -0.362 e. The van der Waals surface area contributed by atoms with E-state index < -0.39 is 0 Å². The summed E-state index contributed by atoms with van der Waals surface area (Å²) in [6.45, 7) is 2.34. The number of carbonyl (C=O) groups is 1. The molecule has 1 aromatic rings. The van der Waals surface area contributed by atoms with E-state index in [4.69, 9.17) is 4.74 Å². The van der Waals surface area contributed by atoms with Crippen LogP contribution in [0, 0.1) is 0 Å². The zero-order valence-electron chi connectivity index (χ0n) is 10.5. The van der Waals surface area contributed by atoms with Gasteiger partial charge in [0.1, 0.15) is 6.23 Å². The van der Waals surface area contributed by atoms with Crippen LogP contribution < -0.4 is 10.6 Å². The summed E-state index contributed by atoms with van der Waals surface area (Å²) in [6.07, 6.45) is 2.21. The van der Waals surface area contributed by atoms with Crippen molar-refractivity contribution in [2.45, 2.75) is 25.5 Å². The highest BCUT2D eigenvalue weighted by Crippen LogP contribution is 2.03. The third kappa shape index (κ3) is 4.47. The summed E-state index contributed by atoms with van der Waals surface area (Å²) in [5, 5.41) is 6.12. The maximum Gasteiger partial charge on any atom is 0.220 e. The van der Waals surface area contributed by atoms with Crippen molar-refractivity contribution in [3.8, 4) is 0 Å². The molecule has 1 amide bonds. The Morgan fingerprint density at radius 2 is 2.22 bits per heavy atom. The summed E-state index contributed by atoms with van der Waals surface area (Å²) in [5.74, 6) is 0.100. The van der Waals surface area contributed by atoms with E-state index in [-0.39, 0.29) is 12.1 Å². The molecular weight excluding hydrogens is 228 g/mol. The smallest absolute Gasteiger partial charge is 0.220 e. The molecule has 0 bridgehead atoms. The largest absolute Gasteiger partial charge is 0.362 e. The first kappa shape index (κ1) is 13.1. The Morgan fingerprint density at radius 1 is 1.39 bits per heavy atom. The van der Waals surface area contributed by atoms with Gasteiger partial charge in [0.05, 0.1) is 6.61 Å². The first-order valence-corrected chi connectivity index (χ1v) is 6.50. The molecule has 1 heterocycles. The van der Waals surface area contributed by atoms with Crippen LogP contribution in [0.1, 0.15) is 18.4 Å². The fraction of sp³-hybridized carbons (Fsp3) is 0.500. The lowest BCUT2D eigenvalue weighted by Crippen LogP contribution is -2.29. The van der Waals surface area contributed by atoms with Gasteiger partial charge in [-0.25, -0.2) is 0 Å². The van der Waals surface area contributed by atoms with E-state index in [2.05, 4.69) is 22.8 Å². The number of ether oxygens (including phenoxy) is 1. The van der Waals surface area contributed by atoms with Crippen molar-refractivity contribution in [2.75, 3.05) is 19.7 Å². The van der Waals surface area contributed by atoms with Gasteiger partial charge in [-0.1, -0.05) is 30.3 Å². The Labute approximate surface area is 108 Å². The normalized spacial score (nSPS) is 18.8. The second kappa shape index (κ2) is 7.13. The summed E-state index contributed by atoms with van der Waals surface area (Å²) in [4.78, 5) is 11.6. The first-order valence-electron chi connectivity index (χ1n) is 6.50. The fourth-order valence-corrected chi connectivity index (χ4v) is 2.01. The van der Waals surface area contributed by atoms with Crippen molar-refractivity contribution in [1.82, 2.24) is 10.6 Å².